The Kier molecular flexibility index (Phi) is 6.51. The highest BCUT2D eigenvalue weighted by molar-refractivity contribution is 7.92. The average Bonchev–Trinajstić information content (AvgIpc) is 2.10. The lowest BCUT2D eigenvalue weighted by Crippen LogP contribution is -2.42. The first-order valence-electron chi connectivity index (χ1n) is 5.70. The van der Waals surface area contributed by atoms with Gasteiger partial charge in [-0.2, -0.15) is 0 Å². The Morgan fingerprint density at radius 1 is 1.19 bits per heavy atom. The average molecular weight is 251 g/mol. The molecule has 0 aromatic carbocycles. The van der Waals surface area contributed by atoms with Crippen LogP contribution in [0.25, 0.3) is 0 Å². The van der Waals surface area contributed by atoms with Crippen LogP contribution in [0, 0.1) is 0 Å². The summed E-state index contributed by atoms with van der Waals surface area (Å²) in [6.45, 7) is 5.17. The topological polar surface area (TPSA) is 57.6 Å². The second-order valence-corrected chi connectivity index (χ2v) is 7.70. The number of rotatable bonds is 8. The van der Waals surface area contributed by atoms with E-state index in [2.05, 4.69) is 0 Å². The maximum Gasteiger partial charge on any atom is 0.153 e. The van der Waals surface area contributed by atoms with Crippen molar-refractivity contribution in [3.05, 3.63) is 0 Å². The molecule has 0 aromatic rings. The van der Waals surface area contributed by atoms with E-state index in [-0.39, 0.29) is 6.61 Å². The maximum absolute atomic E-state index is 11.5. The molecule has 0 spiro atoms. The molecule has 0 saturated carbocycles. The van der Waals surface area contributed by atoms with Crippen molar-refractivity contribution < 1.29 is 13.5 Å². The molecule has 0 unspecified atom stereocenters. The van der Waals surface area contributed by atoms with Crippen molar-refractivity contribution in [2.45, 2.75) is 37.9 Å². The Labute approximate surface area is 99.6 Å². The van der Waals surface area contributed by atoms with Crippen LogP contribution in [0.2, 0.25) is 0 Å². The zero-order chi connectivity index (χ0) is 12.8. The van der Waals surface area contributed by atoms with Crippen molar-refractivity contribution in [2.75, 3.05) is 33.0 Å². The SMILES string of the molecule is CN(CCCCCO)CC(C)(C)S(C)(=O)=O. The summed E-state index contributed by atoms with van der Waals surface area (Å²) in [4.78, 5) is 2.04. The predicted octanol–water partition coefficient (Wildman–Crippen LogP) is 0.904. The summed E-state index contributed by atoms with van der Waals surface area (Å²) >= 11 is 0. The smallest absolute Gasteiger partial charge is 0.153 e. The highest BCUT2D eigenvalue weighted by atomic mass is 32.2. The molecule has 0 aliphatic heterocycles. The molecule has 0 amide bonds. The summed E-state index contributed by atoms with van der Waals surface area (Å²) in [6.07, 6.45) is 4.09. The van der Waals surface area contributed by atoms with Gasteiger partial charge in [0, 0.05) is 19.4 Å². The lowest BCUT2D eigenvalue weighted by atomic mass is 10.2. The maximum atomic E-state index is 11.5. The van der Waals surface area contributed by atoms with Gasteiger partial charge in [0.15, 0.2) is 9.84 Å². The molecular weight excluding hydrogens is 226 g/mol. The van der Waals surface area contributed by atoms with E-state index in [9.17, 15) is 8.42 Å². The van der Waals surface area contributed by atoms with E-state index in [1.54, 1.807) is 13.8 Å². The van der Waals surface area contributed by atoms with E-state index in [1.807, 2.05) is 11.9 Å². The molecule has 5 heteroatoms. The van der Waals surface area contributed by atoms with Crippen LogP contribution in [-0.4, -0.2) is 56.2 Å². The minimum Gasteiger partial charge on any atom is -0.396 e. The highest BCUT2D eigenvalue weighted by Crippen LogP contribution is 2.16. The molecular formula is C11H25NO3S. The van der Waals surface area contributed by atoms with Crippen molar-refractivity contribution in [3.8, 4) is 0 Å². The summed E-state index contributed by atoms with van der Waals surface area (Å²) in [7, 11) is -1.08. The van der Waals surface area contributed by atoms with Crippen LogP contribution in [0.4, 0.5) is 0 Å². The molecule has 0 atom stereocenters. The van der Waals surface area contributed by atoms with E-state index in [4.69, 9.17) is 5.11 Å². The fourth-order valence-corrected chi connectivity index (χ4v) is 1.97. The van der Waals surface area contributed by atoms with Gasteiger partial charge in [0.25, 0.3) is 0 Å². The molecule has 16 heavy (non-hydrogen) atoms. The minimum absolute atomic E-state index is 0.235. The molecule has 0 aromatic heterocycles. The van der Waals surface area contributed by atoms with Crippen LogP contribution in [0.1, 0.15) is 33.1 Å². The van der Waals surface area contributed by atoms with Crippen LogP contribution in [0.15, 0.2) is 0 Å². The van der Waals surface area contributed by atoms with Crippen LogP contribution in [0.3, 0.4) is 0 Å². The quantitative estimate of drug-likeness (QED) is 0.651. The highest BCUT2D eigenvalue weighted by Gasteiger charge is 2.31. The van der Waals surface area contributed by atoms with Crippen molar-refractivity contribution in [3.63, 3.8) is 0 Å². The molecule has 0 fully saturated rings. The van der Waals surface area contributed by atoms with Gasteiger partial charge in [0.1, 0.15) is 0 Å². The molecule has 1 N–H and O–H groups in total. The normalized spacial score (nSPS) is 13.4. The number of nitrogens with zero attached hydrogens (tertiary/aromatic N) is 1. The Morgan fingerprint density at radius 3 is 2.19 bits per heavy atom. The van der Waals surface area contributed by atoms with Crippen LogP contribution < -0.4 is 0 Å². The summed E-state index contributed by atoms with van der Waals surface area (Å²) in [5.41, 5.74) is 0. The number of unbranched alkanes of at least 4 members (excludes halogenated alkanes) is 2. The Morgan fingerprint density at radius 2 is 1.75 bits per heavy atom. The van der Waals surface area contributed by atoms with Gasteiger partial charge in [-0.05, 0) is 46.7 Å². The van der Waals surface area contributed by atoms with Crippen molar-refractivity contribution in [1.82, 2.24) is 4.90 Å². The second-order valence-electron chi connectivity index (χ2n) is 5.05. The lowest BCUT2D eigenvalue weighted by molar-refractivity contribution is 0.267. The number of hydrogen-bond acceptors (Lipinski definition) is 4. The lowest BCUT2D eigenvalue weighted by Gasteiger charge is -2.28. The summed E-state index contributed by atoms with van der Waals surface area (Å²) in [6, 6.07) is 0. The Bertz CT molecular complexity index is 286. The van der Waals surface area contributed by atoms with Gasteiger partial charge in [-0.1, -0.05) is 0 Å². The van der Waals surface area contributed by atoms with Gasteiger partial charge in [-0.3, -0.25) is 0 Å². The van der Waals surface area contributed by atoms with Crippen molar-refractivity contribution >= 4 is 9.84 Å². The molecule has 98 valence electrons. The third-order valence-electron chi connectivity index (χ3n) is 2.85. The first kappa shape index (κ1) is 15.9. The molecule has 0 rings (SSSR count). The molecule has 0 saturated heterocycles. The number of aliphatic hydroxyl groups excluding tert-OH is 1. The van der Waals surface area contributed by atoms with Crippen LogP contribution >= 0.6 is 0 Å². The standard InChI is InChI=1S/C11H25NO3S/c1-11(2,16(4,14)15)10-12(3)8-6-5-7-9-13/h13H,5-10H2,1-4H3. The van der Waals surface area contributed by atoms with E-state index in [0.29, 0.717) is 6.54 Å². The van der Waals surface area contributed by atoms with Gasteiger partial charge >= 0.3 is 0 Å². The molecule has 0 aliphatic carbocycles. The fourth-order valence-electron chi connectivity index (χ4n) is 1.52. The Hall–Kier alpha value is -0.130. The molecule has 0 bridgehead atoms. The van der Waals surface area contributed by atoms with Crippen molar-refractivity contribution in [2.24, 2.45) is 0 Å². The van der Waals surface area contributed by atoms with E-state index >= 15 is 0 Å². The van der Waals surface area contributed by atoms with Gasteiger partial charge in [0.05, 0.1) is 4.75 Å². The fraction of sp³-hybridized carbons (Fsp3) is 1.00. The van der Waals surface area contributed by atoms with Crippen LogP contribution in [0.5, 0.6) is 0 Å². The van der Waals surface area contributed by atoms with Gasteiger partial charge in [-0.15, -0.1) is 0 Å². The van der Waals surface area contributed by atoms with Gasteiger partial charge in [0.2, 0.25) is 0 Å². The van der Waals surface area contributed by atoms with E-state index < -0.39 is 14.6 Å². The Balaban J connectivity index is 4.00. The second kappa shape index (κ2) is 6.57. The number of aliphatic hydroxyl groups is 1. The minimum atomic E-state index is -3.01. The first-order chi connectivity index (χ1) is 7.20. The van der Waals surface area contributed by atoms with Gasteiger partial charge in [-0.25, -0.2) is 8.42 Å². The number of hydrogen-bond donors (Lipinski definition) is 1. The monoisotopic (exact) mass is 251 g/mol. The third-order valence-corrected chi connectivity index (χ3v) is 4.99. The first-order valence-corrected chi connectivity index (χ1v) is 7.59. The summed E-state index contributed by atoms with van der Waals surface area (Å²) < 4.78 is 22.3. The summed E-state index contributed by atoms with van der Waals surface area (Å²) in [5, 5.41) is 8.63. The third kappa shape index (κ3) is 5.82. The van der Waals surface area contributed by atoms with Crippen LogP contribution in [-0.2, 0) is 9.84 Å². The zero-order valence-electron chi connectivity index (χ0n) is 10.9. The van der Waals surface area contributed by atoms with Crippen molar-refractivity contribution in [1.29, 1.82) is 0 Å². The predicted molar refractivity (Wildman–Crippen MR) is 67.4 cm³/mol. The van der Waals surface area contributed by atoms with E-state index in [0.717, 1.165) is 25.8 Å². The molecule has 0 heterocycles. The molecule has 0 radical (unpaired) electrons. The molecule has 4 nitrogen and oxygen atoms in total. The summed E-state index contributed by atoms with van der Waals surface area (Å²) in [5.74, 6) is 0. The molecule has 0 aliphatic rings. The zero-order valence-corrected chi connectivity index (χ0v) is 11.7. The van der Waals surface area contributed by atoms with E-state index in [1.165, 1.54) is 6.26 Å². The van der Waals surface area contributed by atoms with Gasteiger partial charge < -0.3 is 10.0 Å². The number of sulfone groups is 1. The largest absolute Gasteiger partial charge is 0.396 e.